The molecule has 0 bridgehead atoms. The lowest BCUT2D eigenvalue weighted by Gasteiger charge is -2.56. The van der Waals surface area contributed by atoms with Gasteiger partial charge in [-0.05, 0) is 25.7 Å². The van der Waals surface area contributed by atoms with Gasteiger partial charge in [0.05, 0.1) is 12.6 Å². The van der Waals surface area contributed by atoms with Gasteiger partial charge in [-0.15, -0.1) is 11.3 Å². The van der Waals surface area contributed by atoms with Gasteiger partial charge in [0, 0.05) is 35.1 Å². The third-order valence-electron chi connectivity index (χ3n) is 5.92. The Kier molecular flexibility index (Phi) is 4.05. The van der Waals surface area contributed by atoms with Crippen molar-refractivity contribution in [1.29, 1.82) is 0 Å². The quantitative estimate of drug-likeness (QED) is 0.889. The molecular formula is C17H25N3O2S. The van der Waals surface area contributed by atoms with E-state index < -0.39 is 0 Å². The molecule has 3 atom stereocenters. The number of aryl methyl sites for hydroxylation is 1. The van der Waals surface area contributed by atoms with Gasteiger partial charge in [0.15, 0.2) is 0 Å². The van der Waals surface area contributed by atoms with Crippen LogP contribution in [0.2, 0.25) is 0 Å². The second-order valence-corrected chi connectivity index (χ2v) is 8.26. The molecule has 2 saturated carbocycles. The number of carbonyl (C=O) groups excluding carboxylic acids is 1. The number of ether oxygens (including phenoxy) is 1. The van der Waals surface area contributed by atoms with Crippen molar-refractivity contribution in [3.63, 3.8) is 0 Å². The Morgan fingerprint density at radius 1 is 1.48 bits per heavy atom. The van der Waals surface area contributed by atoms with Crippen LogP contribution in [0.3, 0.4) is 0 Å². The fourth-order valence-electron chi connectivity index (χ4n) is 4.85. The molecule has 2 N–H and O–H groups in total. The zero-order chi connectivity index (χ0) is 15.9. The fraction of sp³-hybridized carbons (Fsp3) is 0.765. The number of hydrogen-bond acceptors (Lipinski definition) is 4. The third-order valence-corrected chi connectivity index (χ3v) is 7.06. The van der Waals surface area contributed by atoms with Crippen molar-refractivity contribution in [1.82, 2.24) is 15.6 Å². The number of nitrogens with one attached hydrogen (secondary N) is 2. The normalized spacial score (nSPS) is 30.9. The van der Waals surface area contributed by atoms with E-state index in [1.807, 2.05) is 6.20 Å². The summed E-state index contributed by atoms with van der Waals surface area (Å²) >= 11 is 1.67. The van der Waals surface area contributed by atoms with Crippen LogP contribution in [0.15, 0.2) is 6.20 Å². The zero-order valence-corrected chi connectivity index (χ0v) is 14.5. The van der Waals surface area contributed by atoms with Crippen LogP contribution < -0.4 is 10.6 Å². The molecule has 0 radical (unpaired) electrons. The van der Waals surface area contributed by atoms with Crippen molar-refractivity contribution in [2.45, 2.75) is 64.1 Å². The number of fused-ring (bicyclic) bond motifs is 2. The molecule has 126 valence electrons. The molecule has 1 aromatic rings. The lowest BCUT2D eigenvalue weighted by atomic mass is 9.54. The molecule has 5 nitrogen and oxygen atoms in total. The van der Waals surface area contributed by atoms with Gasteiger partial charge in [0.1, 0.15) is 5.01 Å². The first-order valence-electron chi connectivity index (χ1n) is 8.82. The largest absolute Gasteiger partial charge is 0.377 e. The van der Waals surface area contributed by atoms with E-state index in [2.05, 4.69) is 22.5 Å². The zero-order valence-electron chi connectivity index (χ0n) is 13.6. The van der Waals surface area contributed by atoms with Crippen LogP contribution in [0.5, 0.6) is 0 Å². The molecule has 0 aromatic carbocycles. The second kappa shape index (κ2) is 6.06. The van der Waals surface area contributed by atoms with Gasteiger partial charge in [-0.2, -0.15) is 0 Å². The van der Waals surface area contributed by atoms with E-state index in [1.165, 1.54) is 30.6 Å². The number of hydrogen-bond donors (Lipinski definition) is 2. The highest BCUT2D eigenvalue weighted by Gasteiger charge is 2.65. The Labute approximate surface area is 141 Å². The number of nitrogens with zero attached hydrogens (tertiary/aromatic N) is 1. The van der Waals surface area contributed by atoms with Crippen LogP contribution in [-0.2, 0) is 17.7 Å². The van der Waals surface area contributed by atoms with Gasteiger partial charge in [-0.25, -0.2) is 9.78 Å². The summed E-state index contributed by atoms with van der Waals surface area (Å²) in [6.45, 7) is 3.49. The van der Waals surface area contributed by atoms with Gasteiger partial charge in [0.25, 0.3) is 0 Å². The van der Waals surface area contributed by atoms with Crippen LogP contribution in [0.4, 0.5) is 4.79 Å². The molecule has 1 spiro atoms. The molecule has 3 aliphatic rings. The molecule has 23 heavy (non-hydrogen) atoms. The summed E-state index contributed by atoms with van der Waals surface area (Å²) in [5.74, 6) is 0.519. The number of aromatic nitrogens is 1. The van der Waals surface area contributed by atoms with Crippen LogP contribution in [0, 0.1) is 11.3 Å². The summed E-state index contributed by atoms with van der Waals surface area (Å²) in [5.41, 5.74) is 0.217. The molecule has 2 amide bonds. The summed E-state index contributed by atoms with van der Waals surface area (Å²) in [4.78, 5) is 18.0. The van der Waals surface area contributed by atoms with Crippen LogP contribution in [0.1, 0.15) is 48.9 Å². The molecule has 1 saturated heterocycles. The molecule has 1 aromatic heterocycles. The average Bonchev–Trinajstić information content (AvgIpc) is 3.29. The lowest BCUT2D eigenvalue weighted by molar-refractivity contribution is -0.126. The minimum absolute atomic E-state index is 0.0557. The SMILES string of the molecule is CCc1cnc(CNC(=O)N[C@@H]2[C@@H]3CCO[C@@H]3C23CCCC3)s1. The van der Waals surface area contributed by atoms with Crippen molar-refractivity contribution < 1.29 is 9.53 Å². The average molecular weight is 335 g/mol. The molecule has 4 rings (SSSR count). The number of carbonyl (C=O) groups is 1. The minimum Gasteiger partial charge on any atom is -0.377 e. The predicted molar refractivity (Wildman–Crippen MR) is 89.4 cm³/mol. The summed E-state index contributed by atoms with van der Waals surface area (Å²) < 4.78 is 5.97. The van der Waals surface area contributed by atoms with Crippen molar-refractivity contribution in [2.75, 3.05) is 6.61 Å². The molecule has 2 aliphatic carbocycles. The minimum atomic E-state index is -0.0557. The third kappa shape index (κ3) is 2.56. The summed E-state index contributed by atoms with van der Waals surface area (Å²) in [6.07, 6.45) is 9.31. The van der Waals surface area contributed by atoms with Gasteiger partial charge >= 0.3 is 6.03 Å². The Balaban J connectivity index is 1.34. The summed E-state index contributed by atoms with van der Waals surface area (Å²) in [6, 6.07) is 0.236. The topological polar surface area (TPSA) is 63.2 Å². The van der Waals surface area contributed by atoms with Crippen LogP contribution in [-0.4, -0.2) is 29.8 Å². The predicted octanol–water partition coefficient (Wildman–Crippen LogP) is 2.85. The van der Waals surface area contributed by atoms with E-state index in [9.17, 15) is 4.79 Å². The highest BCUT2D eigenvalue weighted by molar-refractivity contribution is 7.11. The van der Waals surface area contributed by atoms with Gasteiger partial charge < -0.3 is 15.4 Å². The van der Waals surface area contributed by atoms with Gasteiger partial charge in [0.2, 0.25) is 0 Å². The first-order chi connectivity index (χ1) is 11.2. The molecule has 0 unspecified atom stereocenters. The van der Waals surface area contributed by atoms with Crippen LogP contribution in [0.25, 0.3) is 0 Å². The van der Waals surface area contributed by atoms with E-state index in [0.29, 0.717) is 24.6 Å². The lowest BCUT2D eigenvalue weighted by Crippen LogP contribution is -2.69. The Hall–Kier alpha value is -1.14. The van der Waals surface area contributed by atoms with Crippen molar-refractivity contribution in [3.8, 4) is 0 Å². The standard InChI is InChI=1S/C17H25N3O2S/c1-2-11-9-18-13(23-11)10-19-16(21)20-14-12-5-8-22-15(12)17(14)6-3-4-7-17/h9,12,14-15H,2-8,10H2,1H3,(H2,19,20,21)/t12-,14+,15-/m0/s1. The van der Waals surface area contributed by atoms with E-state index >= 15 is 0 Å². The highest BCUT2D eigenvalue weighted by Crippen LogP contribution is 2.60. The Bertz CT molecular complexity index is 582. The Morgan fingerprint density at radius 3 is 3.04 bits per heavy atom. The van der Waals surface area contributed by atoms with Crippen molar-refractivity contribution in [3.05, 3.63) is 16.1 Å². The van der Waals surface area contributed by atoms with Crippen LogP contribution >= 0.6 is 11.3 Å². The number of urea groups is 1. The van der Waals surface area contributed by atoms with Gasteiger partial charge in [-0.3, -0.25) is 0 Å². The molecule has 1 aliphatic heterocycles. The van der Waals surface area contributed by atoms with E-state index in [1.54, 1.807) is 11.3 Å². The summed E-state index contributed by atoms with van der Waals surface area (Å²) in [7, 11) is 0. The second-order valence-electron chi connectivity index (χ2n) is 7.06. The number of thiazole rings is 1. The first kappa shape index (κ1) is 15.4. The molecule has 3 fully saturated rings. The van der Waals surface area contributed by atoms with E-state index in [-0.39, 0.29) is 11.4 Å². The Morgan fingerprint density at radius 2 is 2.30 bits per heavy atom. The first-order valence-corrected chi connectivity index (χ1v) is 9.64. The maximum absolute atomic E-state index is 12.3. The molecule has 2 heterocycles. The smallest absolute Gasteiger partial charge is 0.315 e. The van der Waals surface area contributed by atoms with Crippen molar-refractivity contribution in [2.24, 2.45) is 11.3 Å². The van der Waals surface area contributed by atoms with E-state index in [0.717, 1.165) is 24.5 Å². The maximum atomic E-state index is 12.3. The molecule has 6 heteroatoms. The monoisotopic (exact) mass is 335 g/mol. The van der Waals surface area contributed by atoms with Gasteiger partial charge in [-0.1, -0.05) is 19.8 Å². The fourth-order valence-corrected chi connectivity index (χ4v) is 5.65. The highest BCUT2D eigenvalue weighted by atomic mass is 32.1. The van der Waals surface area contributed by atoms with E-state index in [4.69, 9.17) is 4.74 Å². The summed E-state index contributed by atoms with van der Waals surface area (Å²) in [5, 5.41) is 7.21. The molecular weight excluding hydrogens is 310 g/mol. The number of amides is 2. The maximum Gasteiger partial charge on any atom is 0.315 e. The number of rotatable bonds is 4. The van der Waals surface area contributed by atoms with Crippen molar-refractivity contribution >= 4 is 17.4 Å².